The van der Waals surface area contributed by atoms with Crippen molar-refractivity contribution in [2.24, 2.45) is 0 Å². The van der Waals surface area contributed by atoms with Crippen molar-refractivity contribution in [3.8, 4) is 5.75 Å². The molecule has 0 saturated carbocycles. The van der Waals surface area contributed by atoms with Gasteiger partial charge in [-0.1, -0.05) is 30.9 Å². The summed E-state index contributed by atoms with van der Waals surface area (Å²) in [6, 6.07) is 5.58. The van der Waals surface area contributed by atoms with Crippen LogP contribution < -0.4 is 4.74 Å². The Morgan fingerprint density at radius 1 is 1.47 bits per heavy atom. The van der Waals surface area contributed by atoms with Crippen LogP contribution in [0.15, 0.2) is 24.8 Å². The minimum absolute atomic E-state index is 0.210. The van der Waals surface area contributed by atoms with Crippen molar-refractivity contribution in [1.82, 2.24) is 0 Å². The molecule has 0 heterocycles. The van der Waals surface area contributed by atoms with Crippen molar-refractivity contribution >= 4 is 12.0 Å². The van der Waals surface area contributed by atoms with Crippen LogP contribution in [0.3, 0.4) is 0 Å². The lowest BCUT2D eigenvalue weighted by Crippen LogP contribution is -2.06. The number of carbonyl (C=O) groups excluding carboxylic acids is 1. The second-order valence-corrected chi connectivity index (χ2v) is 3.00. The van der Waals surface area contributed by atoms with E-state index in [-0.39, 0.29) is 12.4 Å². The summed E-state index contributed by atoms with van der Waals surface area (Å²) < 4.78 is 9.84. The average molecular weight is 206 g/mol. The molecule has 0 aliphatic rings. The van der Waals surface area contributed by atoms with Gasteiger partial charge in [-0.05, 0) is 0 Å². The molecule has 3 heteroatoms. The molecule has 3 nitrogen and oxygen atoms in total. The quantitative estimate of drug-likeness (QED) is 0.707. The summed E-state index contributed by atoms with van der Waals surface area (Å²) in [5.41, 5.74) is 1.68. The molecule has 0 radical (unpaired) electrons. The molecule has 0 amide bonds. The van der Waals surface area contributed by atoms with Gasteiger partial charge in [-0.2, -0.15) is 0 Å². The SMILES string of the molecule is C=Cc1cccc(CC(=O)OC)c1OC. The Morgan fingerprint density at radius 3 is 2.73 bits per heavy atom. The first kappa shape index (κ1) is 11.3. The van der Waals surface area contributed by atoms with Gasteiger partial charge in [0.15, 0.2) is 0 Å². The third kappa shape index (κ3) is 2.59. The number of hydrogen-bond acceptors (Lipinski definition) is 3. The van der Waals surface area contributed by atoms with E-state index in [2.05, 4.69) is 11.3 Å². The van der Waals surface area contributed by atoms with Crippen LogP contribution in [0, 0.1) is 0 Å². The number of methoxy groups -OCH3 is 2. The minimum Gasteiger partial charge on any atom is -0.496 e. The first-order chi connectivity index (χ1) is 7.22. The van der Waals surface area contributed by atoms with Crippen LogP contribution in [-0.4, -0.2) is 20.2 Å². The average Bonchev–Trinajstić information content (AvgIpc) is 2.28. The van der Waals surface area contributed by atoms with Crippen LogP contribution in [0.5, 0.6) is 5.75 Å². The summed E-state index contributed by atoms with van der Waals surface area (Å²) in [6.07, 6.45) is 1.90. The van der Waals surface area contributed by atoms with E-state index in [0.717, 1.165) is 11.1 Å². The zero-order valence-electron chi connectivity index (χ0n) is 8.95. The van der Waals surface area contributed by atoms with Gasteiger partial charge < -0.3 is 9.47 Å². The van der Waals surface area contributed by atoms with Crippen molar-refractivity contribution in [3.63, 3.8) is 0 Å². The van der Waals surface area contributed by atoms with E-state index in [1.165, 1.54) is 7.11 Å². The highest BCUT2D eigenvalue weighted by Gasteiger charge is 2.10. The maximum absolute atomic E-state index is 11.1. The molecule has 1 rings (SSSR count). The van der Waals surface area contributed by atoms with Crippen LogP contribution >= 0.6 is 0 Å². The van der Waals surface area contributed by atoms with E-state index in [0.29, 0.717) is 5.75 Å². The predicted octanol–water partition coefficient (Wildman–Crippen LogP) is 2.05. The number of rotatable bonds is 4. The number of esters is 1. The number of carbonyl (C=O) groups is 1. The van der Waals surface area contributed by atoms with Gasteiger partial charge in [-0.25, -0.2) is 0 Å². The Bertz CT molecular complexity index is 369. The summed E-state index contributed by atoms with van der Waals surface area (Å²) >= 11 is 0. The summed E-state index contributed by atoms with van der Waals surface area (Å²) in [5, 5.41) is 0. The maximum atomic E-state index is 11.1. The molecule has 0 aliphatic heterocycles. The zero-order chi connectivity index (χ0) is 11.3. The van der Waals surface area contributed by atoms with Crippen LogP contribution in [0.4, 0.5) is 0 Å². The van der Waals surface area contributed by atoms with E-state index >= 15 is 0 Å². The molecule has 0 aromatic heterocycles. The van der Waals surface area contributed by atoms with Gasteiger partial charge in [0.25, 0.3) is 0 Å². The Hall–Kier alpha value is -1.77. The van der Waals surface area contributed by atoms with E-state index in [9.17, 15) is 4.79 Å². The Kier molecular flexibility index (Phi) is 3.92. The van der Waals surface area contributed by atoms with E-state index in [4.69, 9.17) is 4.74 Å². The van der Waals surface area contributed by atoms with Gasteiger partial charge in [-0.3, -0.25) is 4.79 Å². The summed E-state index contributed by atoms with van der Waals surface area (Å²) in [5.74, 6) is 0.396. The predicted molar refractivity (Wildman–Crippen MR) is 58.8 cm³/mol. The monoisotopic (exact) mass is 206 g/mol. The van der Waals surface area contributed by atoms with Gasteiger partial charge >= 0.3 is 5.97 Å². The molecule has 1 aromatic rings. The van der Waals surface area contributed by atoms with Crippen molar-refractivity contribution in [1.29, 1.82) is 0 Å². The third-order valence-corrected chi connectivity index (χ3v) is 2.11. The van der Waals surface area contributed by atoms with Crippen LogP contribution in [0.1, 0.15) is 11.1 Å². The van der Waals surface area contributed by atoms with E-state index in [1.807, 2.05) is 18.2 Å². The fourth-order valence-corrected chi connectivity index (χ4v) is 1.38. The van der Waals surface area contributed by atoms with Gasteiger partial charge in [0.1, 0.15) is 5.75 Å². The van der Waals surface area contributed by atoms with Gasteiger partial charge in [-0.15, -0.1) is 0 Å². The Labute approximate surface area is 89.3 Å². The van der Waals surface area contributed by atoms with Gasteiger partial charge in [0, 0.05) is 11.1 Å². The first-order valence-electron chi connectivity index (χ1n) is 4.58. The highest BCUT2D eigenvalue weighted by atomic mass is 16.5. The largest absolute Gasteiger partial charge is 0.496 e. The van der Waals surface area contributed by atoms with Crippen molar-refractivity contribution in [3.05, 3.63) is 35.9 Å². The Balaban J connectivity index is 3.06. The highest BCUT2D eigenvalue weighted by Crippen LogP contribution is 2.25. The summed E-state index contributed by atoms with van der Waals surface area (Å²) in [6.45, 7) is 3.68. The molecule has 0 unspecified atom stereocenters. The molecule has 0 atom stereocenters. The van der Waals surface area contributed by atoms with Crippen molar-refractivity contribution in [2.45, 2.75) is 6.42 Å². The number of benzene rings is 1. The smallest absolute Gasteiger partial charge is 0.310 e. The van der Waals surface area contributed by atoms with Gasteiger partial charge in [0.05, 0.1) is 20.6 Å². The molecule has 0 bridgehead atoms. The number of hydrogen-bond donors (Lipinski definition) is 0. The fourth-order valence-electron chi connectivity index (χ4n) is 1.38. The highest BCUT2D eigenvalue weighted by molar-refractivity contribution is 5.74. The van der Waals surface area contributed by atoms with Crippen LogP contribution in [-0.2, 0) is 16.0 Å². The summed E-state index contributed by atoms with van der Waals surface area (Å²) in [7, 11) is 2.94. The Morgan fingerprint density at radius 2 is 2.20 bits per heavy atom. The molecule has 80 valence electrons. The number of ether oxygens (including phenoxy) is 2. The molecule has 15 heavy (non-hydrogen) atoms. The fraction of sp³-hybridized carbons (Fsp3) is 0.250. The molecule has 0 N–H and O–H groups in total. The molecule has 0 aliphatic carbocycles. The number of para-hydroxylation sites is 1. The van der Waals surface area contributed by atoms with Crippen LogP contribution in [0.25, 0.3) is 6.08 Å². The van der Waals surface area contributed by atoms with Crippen molar-refractivity contribution in [2.75, 3.05) is 14.2 Å². The zero-order valence-corrected chi connectivity index (χ0v) is 8.95. The summed E-state index contributed by atoms with van der Waals surface area (Å²) in [4.78, 5) is 11.1. The lowest BCUT2D eigenvalue weighted by molar-refractivity contribution is -0.139. The molecule has 1 aromatic carbocycles. The van der Waals surface area contributed by atoms with E-state index < -0.39 is 0 Å². The molecular formula is C12H14O3. The maximum Gasteiger partial charge on any atom is 0.310 e. The normalized spacial score (nSPS) is 9.47. The molecule has 0 saturated heterocycles. The second-order valence-electron chi connectivity index (χ2n) is 3.00. The van der Waals surface area contributed by atoms with Crippen molar-refractivity contribution < 1.29 is 14.3 Å². The van der Waals surface area contributed by atoms with Crippen LogP contribution in [0.2, 0.25) is 0 Å². The van der Waals surface area contributed by atoms with E-state index in [1.54, 1.807) is 13.2 Å². The molecular weight excluding hydrogens is 192 g/mol. The lowest BCUT2D eigenvalue weighted by atomic mass is 10.1. The lowest BCUT2D eigenvalue weighted by Gasteiger charge is -2.10. The standard InChI is InChI=1S/C12H14O3/c1-4-9-6-5-7-10(12(9)15-3)8-11(13)14-2/h4-7H,1,8H2,2-3H3. The third-order valence-electron chi connectivity index (χ3n) is 2.11. The second kappa shape index (κ2) is 5.20. The molecule has 0 fully saturated rings. The molecule has 0 spiro atoms. The first-order valence-corrected chi connectivity index (χ1v) is 4.58. The topological polar surface area (TPSA) is 35.5 Å². The van der Waals surface area contributed by atoms with Gasteiger partial charge in [0.2, 0.25) is 0 Å². The minimum atomic E-state index is -0.283.